The molecule has 0 aromatic heterocycles. The Bertz CT molecular complexity index is 291. The maximum absolute atomic E-state index is 9.40. The predicted octanol–water partition coefficient (Wildman–Crippen LogP) is 3.31. The molecule has 1 fully saturated rings. The van der Waals surface area contributed by atoms with Crippen LogP contribution in [0.2, 0.25) is 0 Å². The summed E-state index contributed by atoms with van der Waals surface area (Å²) in [7, 11) is 0. The van der Waals surface area contributed by atoms with Gasteiger partial charge in [-0.2, -0.15) is 5.26 Å². The summed E-state index contributed by atoms with van der Waals surface area (Å²) in [5.41, 5.74) is -0.393. The van der Waals surface area contributed by atoms with Crippen molar-refractivity contribution < 1.29 is 0 Å². The summed E-state index contributed by atoms with van der Waals surface area (Å²) >= 11 is 0. The molecule has 1 N–H and O–H groups in total. The van der Waals surface area contributed by atoms with Crippen LogP contribution in [0.5, 0.6) is 0 Å². The molecule has 110 valence electrons. The number of hydrogen-bond donors (Lipinski definition) is 1. The molecule has 1 aliphatic carbocycles. The highest BCUT2D eigenvalue weighted by Crippen LogP contribution is 2.26. The van der Waals surface area contributed by atoms with Crippen molar-refractivity contribution in [2.75, 3.05) is 13.1 Å². The molecule has 0 aromatic rings. The molecule has 0 bridgehead atoms. The minimum absolute atomic E-state index is 0.393. The van der Waals surface area contributed by atoms with Crippen LogP contribution in [-0.4, -0.2) is 35.6 Å². The molecule has 19 heavy (non-hydrogen) atoms. The topological polar surface area (TPSA) is 39.1 Å². The van der Waals surface area contributed by atoms with Crippen LogP contribution >= 0.6 is 0 Å². The molecule has 2 unspecified atom stereocenters. The van der Waals surface area contributed by atoms with Gasteiger partial charge in [0, 0.05) is 12.1 Å². The van der Waals surface area contributed by atoms with E-state index in [1.165, 1.54) is 32.1 Å². The van der Waals surface area contributed by atoms with Gasteiger partial charge in [0.25, 0.3) is 0 Å². The molecule has 1 saturated carbocycles. The van der Waals surface area contributed by atoms with Gasteiger partial charge in [-0.3, -0.25) is 10.2 Å². The fourth-order valence-electron chi connectivity index (χ4n) is 3.60. The third kappa shape index (κ3) is 4.78. The average Bonchev–Trinajstić information content (AvgIpc) is 2.41. The van der Waals surface area contributed by atoms with Gasteiger partial charge in [0.1, 0.15) is 5.54 Å². The second kappa shape index (κ2) is 7.87. The smallest absolute Gasteiger partial charge is 0.105 e. The van der Waals surface area contributed by atoms with Gasteiger partial charge >= 0.3 is 0 Å². The van der Waals surface area contributed by atoms with Crippen LogP contribution in [0, 0.1) is 11.3 Å². The second-order valence-electron chi connectivity index (χ2n) is 6.15. The Balaban J connectivity index is 2.62. The lowest BCUT2D eigenvalue weighted by Gasteiger charge is -2.40. The first kappa shape index (κ1) is 16.5. The summed E-state index contributed by atoms with van der Waals surface area (Å²) in [5.74, 6) is 0. The fourth-order valence-corrected chi connectivity index (χ4v) is 3.60. The molecule has 0 spiro atoms. The van der Waals surface area contributed by atoms with Crippen molar-refractivity contribution in [1.82, 2.24) is 10.2 Å². The van der Waals surface area contributed by atoms with Crippen LogP contribution in [0.15, 0.2) is 0 Å². The largest absolute Gasteiger partial charge is 0.300 e. The lowest BCUT2D eigenvalue weighted by atomic mass is 9.89. The first-order valence-corrected chi connectivity index (χ1v) is 7.98. The van der Waals surface area contributed by atoms with E-state index in [0.717, 1.165) is 25.6 Å². The van der Waals surface area contributed by atoms with Crippen molar-refractivity contribution in [2.24, 2.45) is 0 Å². The summed E-state index contributed by atoms with van der Waals surface area (Å²) in [6.45, 7) is 10.6. The van der Waals surface area contributed by atoms with Crippen LogP contribution in [0.25, 0.3) is 0 Å². The van der Waals surface area contributed by atoms with Gasteiger partial charge in [-0.15, -0.1) is 0 Å². The number of nitrogens with zero attached hydrogens (tertiary/aromatic N) is 2. The zero-order valence-electron chi connectivity index (χ0n) is 13.2. The Kier molecular flexibility index (Phi) is 6.82. The molecule has 0 amide bonds. The molecule has 0 aliphatic heterocycles. The lowest BCUT2D eigenvalue weighted by Crippen LogP contribution is -2.50. The van der Waals surface area contributed by atoms with Gasteiger partial charge in [0.15, 0.2) is 0 Å². The number of nitrogens with one attached hydrogen (secondary N) is 1. The molecular weight excluding hydrogens is 234 g/mol. The Morgan fingerprint density at radius 3 is 2.42 bits per heavy atom. The van der Waals surface area contributed by atoms with Crippen LogP contribution in [0.3, 0.4) is 0 Å². The van der Waals surface area contributed by atoms with Crippen molar-refractivity contribution in [3.8, 4) is 6.07 Å². The van der Waals surface area contributed by atoms with Gasteiger partial charge in [-0.05, 0) is 46.2 Å². The van der Waals surface area contributed by atoms with Gasteiger partial charge in [-0.1, -0.05) is 33.1 Å². The maximum Gasteiger partial charge on any atom is 0.105 e. The van der Waals surface area contributed by atoms with Gasteiger partial charge in [-0.25, -0.2) is 0 Å². The normalized spacial score (nSPS) is 21.9. The van der Waals surface area contributed by atoms with E-state index in [-0.39, 0.29) is 0 Å². The van der Waals surface area contributed by atoms with E-state index in [2.05, 4.69) is 37.1 Å². The molecule has 0 saturated heterocycles. The van der Waals surface area contributed by atoms with E-state index >= 15 is 0 Å². The highest BCUT2D eigenvalue weighted by Gasteiger charge is 2.30. The highest BCUT2D eigenvalue weighted by atomic mass is 15.2. The van der Waals surface area contributed by atoms with E-state index in [4.69, 9.17) is 0 Å². The van der Waals surface area contributed by atoms with Gasteiger partial charge in [0.2, 0.25) is 0 Å². The summed E-state index contributed by atoms with van der Waals surface area (Å²) in [6, 6.07) is 3.66. The van der Waals surface area contributed by atoms with Crippen molar-refractivity contribution in [3.63, 3.8) is 0 Å². The number of rotatable bonds is 7. The zero-order chi connectivity index (χ0) is 14.3. The molecular formula is C16H31N3. The summed E-state index contributed by atoms with van der Waals surface area (Å²) in [5, 5.41) is 12.7. The third-order valence-corrected chi connectivity index (χ3v) is 4.49. The molecule has 0 heterocycles. The zero-order valence-corrected chi connectivity index (χ0v) is 13.2. The first-order chi connectivity index (χ1) is 9.06. The van der Waals surface area contributed by atoms with Crippen molar-refractivity contribution >= 4 is 0 Å². The fraction of sp³-hybridized carbons (Fsp3) is 0.938. The molecule has 3 heteroatoms. The van der Waals surface area contributed by atoms with E-state index in [1.54, 1.807) is 0 Å². The molecule has 1 aliphatic rings. The first-order valence-electron chi connectivity index (χ1n) is 7.98. The van der Waals surface area contributed by atoms with Crippen molar-refractivity contribution in [3.05, 3.63) is 0 Å². The Morgan fingerprint density at radius 1 is 1.32 bits per heavy atom. The minimum Gasteiger partial charge on any atom is -0.300 e. The standard InChI is InChI=1S/C16H31N3/c1-5-18-16(4,13-17)12-14(3)19(6-2)15-10-8-7-9-11-15/h14-15,18H,5-12H2,1-4H3. The highest BCUT2D eigenvalue weighted by molar-refractivity contribution is 5.05. The van der Waals surface area contributed by atoms with E-state index in [9.17, 15) is 5.26 Å². The number of nitriles is 1. The molecule has 0 radical (unpaired) electrons. The Hall–Kier alpha value is -0.590. The Morgan fingerprint density at radius 2 is 1.95 bits per heavy atom. The van der Waals surface area contributed by atoms with Crippen molar-refractivity contribution in [1.29, 1.82) is 5.26 Å². The van der Waals surface area contributed by atoms with Crippen LogP contribution < -0.4 is 5.32 Å². The molecule has 0 aromatic carbocycles. The van der Waals surface area contributed by atoms with Crippen LogP contribution in [-0.2, 0) is 0 Å². The molecule has 1 rings (SSSR count). The van der Waals surface area contributed by atoms with E-state index in [1.807, 2.05) is 6.92 Å². The second-order valence-corrected chi connectivity index (χ2v) is 6.15. The summed E-state index contributed by atoms with van der Waals surface area (Å²) in [4.78, 5) is 2.62. The van der Waals surface area contributed by atoms with Gasteiger partial charge in [0.05, 0.1) is 6.07 Å². The summed E-state index contributed by atoms with van der Waals surface area (Å²) < 4.78 is 0. The Labute approximate surface area is 119 Å². The SMILES string of the molecule is CCNC(C)(C#N)CC(C)N(CC)C1CCCCC1. The third-order valence-electron chi connectivity index (χ3n) is 4.49. The number of hydrogen-bond acceptors (Lipinski definition) is 3. The van der Waals surface area contributed by atoms with Crippen LogP contribution in [0.1, 0.15) is 66.2 Å². The molecule has 2 atom stereocenters. The summed E-state index contributed by atoms with van der Waals surface area (Å²) in [6.07, 6.45) is 7.72. The van der Waals surface area contributed by atoms with Gasteiger partial charge < -0.3 is 0 Å². The predicted molar refractivity (Wildman–Crippen MR) is 81.0 cm³/mol. The minimum atomic E-state index is -0.393. The van der Waals surface area contributed by atoms with Crippen LogP contribution in [0.4, 0.5) is 0 Å². The van der Waals surface area contributed by atoms with Crippen molar-refractivity contribution in [2.45, 2.75) is 83.8 Å². The quantitative estimate of drug-likeness (QED) is 0.767. The average molecular weight is 265 g/mol. The lowest BCUT2D eigenvalue weighted by molar-refractivity contribution is 0.102. The van der Waals surface area contributed by atoms with E-state index in [0.29, 0.717) is 6.04 Å². The monoisotopic (exact) mass is 265 g/mol. The van der Waals surface area contributed by atoms with E-state index < -0.39 is 5.54 Å². The maximum atomic E-state index is 9.40. The molecule has 3 nitrogen and oxygen atoms in total.